The molecule has 2 heterocycles. The molecule has 0 bridgehead atoms. The Hall–Kier alpha value is -1.81. The van der Waals surface area contributed by atoms with Crippen LogP contribution >= 0.6 is 0 Å². The Morgan fingerprint density at radius 3 is 2.52 bits per heavy atom. The zero-order valence-electron chi connectivity index (χ0n) is 15.2. The molecule has 3 fully saturated rings. The molecule has 1 N–H and O–H groups in total. The first-order chi connectivity index (χ1) is 12.1. The molecular weight excluding hydrogens is 318 g/mol. The minimum atomic E-state index is -0.610. The Kier molecular flexibility index (Phi) is 5.48. The molecule has 0 aromatic carbocycles. The molecule has 3 rings (SSSR count). The molecule has 0 aromatic rings. The highest BCUT2D eigenvalue weighted by molar-refractivity contribution is 5.79. The molecule has 0 unspecified atom stereocenters. The molecule has 0 spiro atoms. The lowest BCUT2D eigenvalue weighted by Crippen LogP contribution is -2.54. The third-order valence-corrected chi connectivity index (χ3v) is 6.15. The topological polar surface area (TPSA) is 79.7 Å². The fraction of sp³-hybridized carbons (Fsp3) is 0.833. The maximum atomic E-state index is 12.7. The summed E-state index contributed by atoms with van der Waals surface area (Å²) >= 11 is 0. The second-order valence-corrected chi connectivity index (χ2v) is 7.59. The van der Waals surface area contributed by atoms with Crippen molar-refractivity contribution in [1.29, 1.82) is 5.26 Å². The summed E-state index contributed by atoms with van der Waals surface area (Å²) in [4.78, 5) is 30.3. The van der Waals surface area contributed by atoms with Gasteiger partial charge in [0.2, 0.25) is 5.91 Å². The summed E-state index contributed by atoms with van der Waals surface area (Å²) < 4.78 is 0. The van der Waals surface area contributed by atoms with Crippen LogP contribution in [0.2, 0.25) is 0 Å². The number of hydrogen-bond acceptors (Lipinski definition) is 4. The predicted octanol–water partition coefficient (Wildman–Crippen LogP) is 1.16. The second-order valence-electron chi connectivity index (χ2n) is 7.59. The monoisotopic (exact) mass is 347 g/mol. The van der Waals surface area contributed by atoms with Gasteiger partial charge in [-0.05, 0) is 25.7 Å². The number of hydrogen-bond donors (Lipinski definition) is 1. The van der Waals surface area contributed by atoms with Gasteiger partial charge in [-0.3, -0.25) is 9.69 Å². The van der Waals surface area contributed by atoms with Gasteiger partial charge in [0, 0.05) is 39.3 Å². The Labute approximate surface area is 149 Å². The average Bonchev–Trinajstić information content (AvgIpc) is 3.08. The average molecular weight is 347 g/mol. The van der Waals surface area contributed by atoms with E-state index < -0.39 is 5.54 Å². The van der Waals surface area contributed by atoms with E-state index in [4.69, 9.17) is 0 Å². The lowest BCUT2D eigenvalue weighted by atomic mass is 9.81. The number of nitrogens with one attached hydrogen (secondary N) is 1. The largest absolute Gasteiger partial charge is 0.336 e. The van der Waals surface area contributed by atoms with Gasteiger partial charge in [0.15, 0.2) is 0 Å². The number of carbonyl (C=O) groups excluding carboxylic acids is 2. The Bertz CT molecular complexity index is 544. The lowest BCUT2D eigenvalue weighted by Gasteiger charge is -2.41. The van der Waals surface area contributed by atoms with Gasteiger partial charge >= 0.3 is 6.03 Å². The molecule has 3 aliphatic rings. The van der Waals surface area contributed by atoms with E-state index in [2.05, 4.69) is 16.3 Å². The standard InChI is InChI=1S/C18H29N5O2/c1-21(18(14-19)7-3-2-4-8-18)16(24)13-22-10-5-15(6-11-22)23-12-9-20-17(23)25/h15H,2-13H2,1H3,(H,20,25). The zero-order valence-corrected chi connectivity index (χ0v) is 15.2. The third kappa shape index (κ3) is 3.74. The molecule has 1 aliphatic carbocycles. The van der Waals surface area contributed by atoms with Gasteiger partial charge in [-0.2, -0.15) is 5.26 Å². The summed E-state index contributed by atoms with van der Waals surface area (Å²) in [5.74, 6) is 0.0424. The van der Waals surface area contributed by atoms with Crippen LogP contribution in [0.5, 0.6) is 0 Å². The number of urea groups is 1. The molecule has 2 saturated heterocycles. The molecule has 0 aromatic heterocycles. The molecule has 138 valence electrons. The molecule has 0 atom stereocenters. The first-order valence-electron chi connectivity index (χ1n) is 9.50. The maximum absolute atomic E-state index is 12.7. The molecule has 25 heavy (non-hydrogen) atoms. The second kappa shape index (κ2) is 7.61. The zero-order chi connectivity index (χ0) is 17.9. The van der Waals surface area contributed by atoms with Gasteiger partial charge in [-0.15, -0.1) is 0 Å². The van der Waals surface area contributed by atoms with E-state index in [0.29, 0.717) is 6.54 Å². The van der Waals surface area contributed by atoms with Crippen LogP contribution in [0.1, 0.15) is 44.9 Å². The van der Waals surface area contributed by atoms with E-state index in [9.17, 15) is 14.9 Å². The number of carbonyl (C=O) groups is 2. The van der Waals surface area contributed by atoms with Crippen LogP contribution < -0.4 is 5.32 Å². The van der Waals surface area contributed by atoms with E-state index in [1.165, 1.54) is 0 Å². The fourth-order valence-electron chi connectivity index (χ4n) is 4.42. The van der Waals surface area contributed by atoms with Crippen LogP contribution in [0.4, 0.5) is 4.79 Å². The summed E-state index contributed by atoms with van der Waals surface area (Å²) in [6.07, 6.45) is 6.60. The number of piperidine rings is 1. The molecule has 0 radical (unpaired) electrons. The van der Waals surface area contributed by atoms with Gasteiger partial charge in [0.25, 0.3) is 0 Å². The number of rotatable bonds is 4. The van der Waals surface area contributed by atoms with E-state index in [1.807, 2.05) is 4.90 Å². The van der Waals surface area contributed by atoms with Crippen LogP contribution in [0.3, 0.4) is 0 Å². The SMILES string of the molecule is CN(C(=O)CN1CCC(N2CCNC2=O)CC1)C1(C#N)CCCCC1. The molecular formula is C18H29N5O2. The van der Waals surface area contributed by atoms with Gasteiger partial charge < -0.3 is 15.1 Å². The Balaban J connectivity index is 1.50. The van der Waals surface area contributed by atoms with Gasteiger partial charge in [-0.1, -0.05) is 19.3 Å². The predicted molar refractivity (Wildman–Crippen MR) is 93.8 cm³/mol. The summed E-state index contributed by atoms with van der Waals surface area (Å²) in [7, 11) is 1.79. The van der Waals surface area contributed by atoms with E-state index >= 15 is 0 Å². The number of amides is 3. The van der Waals surface area contributed by atoms with Crippen molar-refractivity contribution in [3.05, 3.63) is 0 Å². The van der Waals surface area contributed by atoms with Crippen molar-refractivity contribution in [2.24, 2.45) is 0 Å². The van der Waals surface area contributed by atoms with E-state index in [1.54, 1.807) is 11.9 Å². The number of likely N-dealkylation sites (tertiary alicyclic amines) is 1. The van der Waals surface area contributed by atoms with Crippen molar-refractivity contribution in [3.63, 3.8) is 0 Å². The first-order valence-corrected chi connectivity index (χ1v) is 9.50. The lowest BCUT2D eigenvalue weighted by molar-refractivity contribution is -0.136. The Morgan fingerprint density at radius 1 is 1.28 bits per heavy atom. The van der Waals surface area contributed by atoms with Crippen molar-refractivity contribution in [2.75, 3.05) is 39.8 Å². The summed E-state index contributed by atoms with van der Waals surface area (Å²) in [5, 5.41) is 12.5. The van der Waals surface area contributed by atoms with Gasteiger partial charge in [0.05, 0.1) is 12.6 Å². The van der Waals surface area contributed by atoms with Crippen LogP contribution in [0.15, 0.2) is 0 Å². The third-order valence-electron chi connectivity index (χ3n) is 6.15. The Morgan fingerprint density at radius 2 is 1.96 bits per heavy atom. The van der Waals surface area contributed by atoms with Gasteiger partial charge in [0.1, 0.15) is 5.54 Å². The highest BCUT2D eigenvalue weighted by Gasteiger charge is 2.39. The van der Waals surface area contributed by atoms with Crippen LogP contribution in [0.25, 0.3) is 0 Å². The maximum Gasteiger partial charge on any atom is 0.317 e. The van der Waals surface area contributed by atoms with E-state index in [0.717, 1.165) is 71.1 Å². The molecule has 1 saturated carbocycles. The molecule has 2 aliphatic heterocycles. The van der Waals surface area contributed by atoms with Crippen molar-refractivity contribution >= 4 is 11.9 Å². The highest BCUT2D eigenvalue weighted by Crippen LogP contribution is 2.32. The van der Waals surface area contributed by atoms with Crippen molar-refractivity contribution in [1.82, 2.24) is 20.0 Å². The van der Waals surface area contributed by atoms with Crippen molar-refractivity contribution in [3.8, 4) is 6.07 Å². The number of likely N-dealkylation sites (N-methyl/N-ethyl adjacent to an activating group) is 1. The van der Waals surface area contributed by atoms with Crippen molar-refractivity contribution < 1.29 is 9.59 Å². The number of nitriles is 1. The molecule has 3 amide bonds. The smallest absolute Gasteiger partial charge is 0.317 e. The van der Waals surface area contributed by atoms with Gasteiger partial charge in [-0.25, -0.2) is 4.79 Å². The van der Waals surface area contributed by atoms with Crippen molar-refractivity contribution in [2.45, 2.75) is 56.5 Å². The normalized spacial score (nSPS) is 24.6. The molecule has 7 heteroatoms. The molecule has 7 nitrogen and oxygen atoms in total. The van der Waals surface area contributed by atoms with Crippen LogP contribution in [-0.2, 0) is 4.79 Å². The summed E-state index contributed by atoms with van der Waals surface area (Å²) in [6, 6.07) is 2.75. The quantitative estimate of drug-likeness (QED) is 0.828. The highest BCUT2D eigenvalue weighted by atomic mass is 16.2. The first kappa shape index (κ1) is 18.0. The minimum absolute atomic E-state index is 0.0424. The van der Waals surface area contributed by atoms with Crippen LogP contribution in [0, 0.1) is 11.3 Å². The van der Waals surface area contributed by atoms with E-state index in [-0.39, 0.29) is 18.0 Å². The van der Waals surface area contributed by atoms with Crippen LogP contribution in [-0.4, -0.2) is 78.0 Å². The minimum Gasteiger partial charge on any atom is -0.336 e. The summed E-state index contributed by atoms with van der Waals surface area (Å²) in [5.41, 5.74) is -0.610. The fourth-order valence-corrected chi connectivity index (χ4v) is 4.42. The number of nitrogens with zero attached hydrogens (tertiary/aromatic N) is 4. The summed E-state index contributed by atoms with van der Waals surface area (Å²) in [6.45, 7) is 3.55.